The maximum atomic E-state index is 6.10. The van der Waals surface area contributed by atoms with Crippen LogP contribution in [0.15, 0.2) is 30.5 Å². The highest BCUT2D eigenvalue weighted by atomic mass is 35.5. The molecule has 2 aromatic rings. The zero-order valence-corrected chi connectivity index (χ0v) is 13.4. The van der Waals surface area contributed by atoms with Crippen LogP contribution < -0.4 is 15.4 Å². The molecular formula is C15H19ClN4O2. The van der Waals surface area contributed by atoms with E-state index in [9.17, 15) is 0 Å². The molecule has 0 amide bonds. The van der Waals surface area contributed by atoms with Gasteiger partial charge in [-0.25, -0.2) is 4.98 Å². The van der Waals surface area contributed by atoms with Crippen molar-refractivity contribution in [2.45, 2.75) is 6.42 Å². The summed E-state index contributed by atoms with van der Waals surface area (Å²) in [7, 11) is 3.27. The summed E-state index contributed by atoms with van der Waals surface area (Å²) in [4.78, 5) is 8.56. The van der Waals surface area contributed by atoms with Gasteiger partial charge < -0.3 is 20.1 Å². The number of nitrogens with zero attached hydrogens (tertiary/aromatic N) is 2. The number of methoxy groups -OCH3 is 2. The minimum absolute atomic E-state index is 0.541. The number of hydrogen-bond donors (Lipinski definition) is 2. The molecule has 0 aliphatic rings. The summed E-state index contributed by atoms with van der Waals surface area (Å²) in [5.74, 6) is 1.89. The molecule has 0 bridgehead atoms. The van der Waals surface area contributed by atoms with Crippen molar-refractivity contribution in [2.75, 3.05) is 38.0 Å². The topological polar surface area (TPSA) is 68.3 Å². The van der Waals surface area contributed by atoms with Gasteiger partial charge in [-0.15, -0.1) is 0 Å². The standard InChI is InChI=1S/C15H19ClN4O2/c1-21-9-3-7-17-15-18-8-6-14(20-15)19-11-4-5-13(22-2)12(16)10-11/h4-6,8,10H,3,7,9H2,1-2H3,(H2,17,18,19,20). The molecule has 1 aromatic heterocycles. The highest BCUT2D eigenvalue weighted by molar-refractivity contribution is 6.32. The van der Waals surface area contributed by atoms with Gasteiger partial charge in [-0.05, 0) is 30.7 Å². The van der Waals surface area contributed by atoms with Gasteiger partial charge in [-0.1, -0.05) is 11.6 Å². The van der Waals surface area contributed by atoms with Gasteiger partial charge >= 0.3 is 0 Å². The lowest BCUT2D eigenvalue weighted by atomic mass is 10.3. The first kappa shape index (κ1) is 16.3. The molecule has 1 aromatic carbocycles. The molecule has 0 unspecified atom stereocenters. The van der Waals surface area contributed by atoms with E-state index >= 15 is 0 Å². The fourth-order valence-electron chi connectivity index (χ4n) is 1.82. The minimum Gasteiger partial charge on any atom is -0.495 e. The molecule has 0 saturated heterocycles. The largest absolute Gasteiger partial charge is 0.495 e. The molecule has 7 heteroatoms. The van der Waals surface area contributed by atoms with E-state index < -0.39 is 0 Å². The second kappa shape index (κ2) is 8.41. The summed E-state index contributed by atoms with van der Waals surface area (Å²) < 4.78 is 10.1. The van der Waals surface area contributed by atoms with Crippen LogP contribution >= 0.6 is 11.6 Å². The third-order valence-electron chi connectivity index (χ3n) is 2.89. The lowest BCUT2D eigenvalue weighted by molar-refractivity contribution is 0.197. The van der Waals surface area contributed by atoms with Gasteiger partial charge in [0.15, 0.2) is 0 Å². The van der Waals surface area contributed by atoms with Crippen molar-refractivity contribution in [3.05, 3.63) is 35.5 Å². The summed E-state index contributed by atoms with van der Waals surface area (Å²) in [6.45, 7) is 1.46. The van der Waals surface area contributed by atoms with Crippen molar-refractivity contribution >= 4 is 29.1 Å². The first-order valence-electron chi connectivity index (χ1n) is 6.89. The summed E-state index contributed by atoms with van der Waals surface area (Å²) in [5, 5.41) is 6.87. The minimum atomic E-state index is 0.541. The van der Waals surface area contributed by atoms with Crippen molar-refractivity contribution in [2.24, 2.45) is 0 Å². The number of anilines is 3. The monoisotopic (exact) mass is 322 g/mol. The average molecular weight is 323 g/mol. The Morgan fingerprint density at radius 2 is 2.09 bits per heavy atom. The lowest BCUT2D eigenvalue weighted by Gasteiger charge is -2.10. The van der Waals surface area contributed by atoms with E-state index in [0.717, 1.165) is 18.7 Å². The SMILES string of the molecule is COCCCNc1nccc(Nc2ccc(OC)c(Cl)c2)n1. The summed E-state index contributed by atoms with van der Waals surface area (Å²) in [6, 6.07) is 7.25. The normalized spacial score (nSPS) is 10.3. The number of aromatic nitrogens is 2. The Labute approximate surface area is 134 Å². The van der Waals surface area contributed by atoms with Gasteiger partial charge in [0.05, 0.1) is 12.1 Å². The van der Waals surface area contributed by atoms with Crippen molar-refractivity contribution in [1.82, 2.24) is 9.97 Å². The van der Waals surface area contributed by atoms with Crippen LogP contribution in [0.3, 0.4) is 0 Å². The molecule has 0 atom stereocenters. The Morgan fingerprint density at radius 3 is 2.82 bits per heavy atom. The predicted octanol–water partition coefficient (Wildman–Crippen LogP) is 3.33. The summed E-state index contributed by atoms with van der Waals surface area (Å²) >= 11 is 6.10. The van der Waals surface area contributed by atoms with Gasteiger partial charge in [0.25, 0.3) is 0 Å². The fourth-order valence-corrected chi connectivity index (χ4v) is 2.08. The molecule has 0 saturated carbocycles. The molecule has 0 spiro atoms. The zero-order valence-electron chi connectivity index (χ0n) is 12.6. The van der Waals surface area contributed by atoms with E-state index in [1.807, 2.05) is 6.07 Å². The zero-order chi connectivity index (χ0) is 15.8. The summed E-state index contributed by atoms with van der Waals surface area (Å²) in [5.41, 5.74) is 0.829. The molecule has 0 aliphatic carbocycles. The maximum absolute atomic E-state index is 6.10. The van der Waals surface area contributed by atoms with Gasteiger partial charge in [-0.3, -0.25) is 0 Å². The van der Waals surface area contributed by atoms with Crippen molar-refractivity contribution in [3.8, 4) is 5.75 Å². The molecule has 0 aliphatic heterocycles. The first-order valence-corrected chi connectivity index (χ1v) is 7.27. The predicted molar refractivity (Wildman–Crippen MR) is 88.3 cm³/mol. The Morgan fingerprint density at radius 1 is 1.23 bits per heavy atom. The van der Waals surface area contributed by atoms with Crippen LogP contribution in [-0.2, 0) is 4.74 Å². The van der Waals surface area contributed by atoms with E-state index in [2.05, 4.69) is 20.6 Å². The molecule has 1 heterocycles. The molecule has 2 N–H and O–H groups in total. The molecule has 0 fully saturated rings. The molecule has 6 nitrogen and oxygen atoms in total. The van der Waals surface area contributed by atoms with Crippen molar-refractivity contribution in [3.63, 3.8) is 0 Å². The van der Waals surface area contributed by atoms with Crippen molar-refractivity contribution in [1.29, 1.82) is 0 Å². The molecule has 118 valence electrons. The third-order valence-corrected chi connectivity index (χ3v) is 3.18. The molecule has 0 radical (unpaired) electrons. The molecule has 2 rings (SSSR count). The highest BCUT2D eigenvalue weighted by Gasteiger charge is 2.04. The maximum Gasteiger partial charge on any atom is 0.224 e. The van der Waals surface area contributed by atoms with Gasteiger partial charge in [0, 0.05) is 32.1 Å². The Hall–Kier alpha value is -2.05. The number of ether oxygens (including phenoxy) is 2. The quantitative estimate of drug-likeness (QED) is 0.727. The van der Waals surface area contributed by atoms with Crippen LogP contribution in [0.2, 0.25) is 5.02 Å². The smallest absolute Gasteiger partial charge is 0.224 e. The van der Waals surface area contributed by atoms with Gasteiger partial charge in [0.1, 0.15) is 11.6 Å². The van der Waals surface area contributed by atoms with Crippen LogP contribution in [0.25, 0.3) is 0 Å². The van der Waals surface area contributed by atoms with E-state index in [1.54, 1.807) is 38.6 Å². The number of rotatable bonds is 8. The van der Waals surface area contributed by atoms with Crippen LogP contribution in [0.5, 0.6) is 5.75 Å². The number of benzene rings is 1. The second-order valence-corrected chi connectivity index (χ2v) is 4.92. The first-order chi connectivity index (χ1) is 10.7. The number of nitrogens with one attached hydrogen (secondary N) is 2. The number of hydrogen-bond acceptors (Lipinski definition) is 6. The van der Waals surface area contributed by atoms with E-state index in [1.165, 1.54) is 0 Å². The van der Waals surface area contributed by atoms with Crippen LogP contribution in [-0.4, -0.2) is 37.3 Å². The van der Waals surface area contributed by atoms with Gasteiger partial charge in [0.2, 0.25) is 5.95 Å². The van der Waals surface area contributed by atoms with E-state index in [0.29, 0.717) is 29.1 Å². The van der Waals surface area contributed by atoms with Crippen LogP contribution in [0.1, 0.15) is 6.42 Å². The number of halogens is 1. The van der Waals surface area contributed by atoms with Crippen LogP contribution in [0, 0.1) is 0 Å². The Kier molecular flexibility index (Phi) is 6.24. The molecule has 22 heavy (non-hydrogen) atoms. The highest BCUT2D eigenvalue weighted by Crippen LogP contribution is 2.28. The second-order valence-electron chi connectivity index (χ2n) is 4.51. The van der Waals surface area contributed by atoms with Crippen LogP contribution in [0.4, 0.5) is 17.5 Å². The van der Waals surface area contributed by atoms with E-state index in [4.69, 9.17) is 21.1 Å². The Bertz CT molecular complexity index is 610. The molecular weight excluding hydrogens is 304 g/mol. The van der Waals surface area contributed by atoms with Gasteiger partial charge in [-0.2, -0.15) is 4.98 Å². The Balaban J connectivity index is 1.99. The van der Waals surface area contributed by atoms with E-state index in [-0.39, 0.29) is 0 Å². The average Bonchev–Trinajstić information content (AvgIpc) is 2.52. The summed E-state index contributed by atoms with van der Waals surface area (Å²) in [6.07, 6.45) is 2.59. The third kappa shape index (κ3) is 4.75. The lowest BCUT2D eigenvalue weighted by Crippen LogP contribution is -2.08. The fraction of sp³-hybridized carbons (Fsp3) is 0.333. The van der Waals surface area contributed by atoms with Crippen molar-refractivity contribution < 1.29 is 9.47 Å².